The number of fused-ring (bicyclic) bond motifs is 1. The van der Waals surface area contributed by atoms with E-state index in [0.29, 0.717) is 12.4 Å². The summed E-state index contributed by atoms with van der Waals surface area (Å²) < 4.78 is -0.274. The molecule has 2 fully saturated rings. The number of tetrazole rings is 1. The number of thiophene rings is 1. The van der Waals surface area contributed by atoms with Crippen molar-refractivity contribution >= 4 is 34.9 Å². The average Bonchev–Trinajstić information content (AvgIpc) is 3.30. The van der Waals surface area contributed by atoms with Crippen LogP contribution in [0.15, 0.2) is 11.4 Å². The van der Waals surface area contributed by atoms with Gasteiger partial charge in [-0.05, 0) is 30.9 Å². The first-order chi connectivity index (χ1) is 12.4. The third-order valence-corrected chi connectivity index (χ3v) is 7.28. The number of nitrogens with two attached hydrogens (primary N) is 1. The molecule has 2 aromatic heterocycles. The molecule has 4 rings (SSSR count). The largest absolute Gasteiger partial charge is 0.341 e. The number of amides is 2. The zero-order valence-electron chi connectivity index (χ0n) is 14.3. The number of carbonyl (C=O) groups excluding carboxylic acids is 2. The fraction of sp³-hybridized carbons (Fsp3) is 0.533. The summed E-state index contributed by atoms with van der Waals surface area (Å²) in [5, 5.41) is 18.8. The third-order valence-electron chi connectivity index (χ3n) is 4.74. The van der Waals surface area contributed by atoms with Crippen molar-refractivity contribution in [1.29, 1.82) is 0 Å². The zero-order chi connectivity index (χ0) is 18.5. The Balaban J connectivity index is 1.46. The van der Waals surface area contributed by atoms with E-state index < -0.39 is 6.04 Å². The van der Waals surface area contributed by atoms with Crippen molar-refractivity contribution in [2.75, 3.05) is 0 Å². The molecule has 2 aromatic rings. The minimum Gasteiger partial charge on any atom is -0.341 e. The number of rotatable bonds is 5. The zero-order valence-corrected chi connectivity index (χ0v) is 15.9. The van der Waals surface area contributed by atoms with E-state index in [-0.39, 0.29) is 34.4 Å². The first-order valence-electron chi connectivity index (χ1n) is 8.20. The Morgan fingerprint density at radius 3 is 3.00 bits per heavy atom. The average molecular weight is 393 g/mol. The van der Waals surface area contributed by atoms with E-state index in [0.717, 1.165) is 10.4 Å². The van der Waals surface area contributed by atoms with Gasteiger partial charge in [-0.3, -0.25) is 9.59 Å². The maximum Gasteiger partial charge on any atom is 0.249 e. The molecule has 2 aliphatic rings. The van der Waals surface area contributed by atoms with Crippen LogP contribution in [0, 0.1) is 0 Å². The lowest BCUT2D eigenvalue weighted by molar-refractivity contribution is -0.151. The van der Waals surface area contributed by atoms with E-state index >= 15 is 0 Å². The van der Waals surface area contributed by atoms with Gasteiger partial charge >= 0.3 is 0 Å². The van der Waals surface area contributed by atoms with Crippen LogP contribution in [0.25, 0.3) is 0 Å². The van der Waals surface area contributed by atoms with Crippen LogP contribution in [0.1, 0.15) is 36.2 Å². The first kappa shape index (κ1) is 17.4. The topological polar surface area (TPSA) is 130 Å². The number of nitrogens with one attached hydrogen (secondary N) is 2. The van der Waals surface area contributed by atoms with Gasteiger partial charge in [0.2, 0.25) is 11.8 Å². The Kier molecular flexibility index (Phi) is 4.24. The van der Waals surface area contributed by atoms with Crippen LogP contribution >= 0.6 is 23.1 Å². The Morgan fingerprint density at radius 1 is 1.50 bits per heavy atom. The first-order valence-corrected chi connectivity index (χ1v) is 9.96. The number of aromatic amines is 1. The molecule has 0 saturated carbocycles. The normalized spacial score (nSPS) is 26.5. The van der Waals surface area contributed by atoms with Crippen molar-refractivity contribution in [2.45, 2.75) is 49.0 Å². The van der Waals surface area contributed by atoms with E-state index in [1.54, 1.807) is 16.7 Å². The molecule has 2 amide bonds. The number of thioether (sulfide) groups is 1. The van der Waals surface area contributed by atoms with Crippen molar-refractivity contribution in [1.82, 2.24) is 30.8 Å². The molecule has 0 aliphatic carbocycles. The number of H-pyrrole nitrogens is 1. The lowest BCUT2D eigenvalue weighted by Gasteiger charge is -2.44. The van der Waals surface area contributed by atoms with Gasteiger partial charge in [0, 0.05) is 16.2 Å². The predicted molar refractivity (Wildman–Crippen MR) is 97.1 cm³/mol. The minimum absolute atomic E-state index is 0.110. The number of aromatic nitrogens is 4. The Labute approximate surface area is 158 Å². The molecular weight excluding hydrogens is 374 g/mol. The molecule has 3 unspecified atom stereocenters. The number of carbonyl (C=O) groups is 2. The minimum atomic E-state index is -0.523. The molecule has 2 saturated heterocycles. The molecular formula is C15H19N7O2S2. The van der Waals surface area contributed by atoms with Gasteiger partial charge in [0.15, 0.2) is 5.82 Å². The van der Waals surface area contributed by atoms with Crippen LogP contribution in [0.5, 0.6) is 0 Å². The SMILES string of the molecule is CC1(C)SC2C(NC(=O)Cc3sccc3CN)C(=O)N2C1c1nn[nH]n1. The summed E-state index contributed by atoms with van der Waals surface area (Å²) in [7, 11) is 0. The lowest BCUT2D eigenvalue weighted by atomic mass is 9.95. The lowest BCUT2D eigenvalue weighted by Crippen LogP contribution is -2.68. The van der Waals surface area contributed by atoms with E-state index in [4.69, 9.17) is 5.73 Å². The van der Waals surface area contributed by atoms with Crippen LogP contribution in [0.2, 0.25) is 0 Å². The van der Waals surface area contributed by atoms with Gasteiger partial charge in [-0.25, -0.2) is 0 Å². The van der Waals surface area contributed by atoms with Gasteiger partial charge in [0.05, 0.1) is 6.42 Å². The Hall–Kier alpha value is -1.98. The van der Waals surface area contributed by atoms with Crippen LogP contribution in [0.4, 0.5) is 0 Å². The van der Waals surface area contributed by atoms with Gasteiger partial charge in [-0.2, -0.15) is 5.21 Å². The molecule has 0 spiro atoms. The standard InChI is InChI=1S/C15H19N7O2S2/c1-15(2)11(12-18-20-21-19-12)22-13(24)10(14(22)26-15)17-9(23)5-8-7(6-16)3-4-25-8/h3-4,10-11,14H,5-6,16H2,1-2H3,(H,17,23)(H,18,19,20,21). The Morgan fingerprint density at radius 2 is 2.31 bits per heavy atom. The fourth-order valence-electron chi connectivity index (χ4n) is 3.52. The van der Waals surface area contributed by atoms with E-state index in [1.165, 1.54) is 11.3 Å². The van der Waals surface area contributed by atoms with Gasteiger partial charge in [0.25, 0.3) is 0 Å². The number of β-lactam (4-membered cyclic amide) rings is 1. The van der Waals surface area contributed by atoms with Crippen molar-refractivity contribution in [2.24, 2.45) is 5.73 Å². The van der Waals surface area contributed by atoms with Gasteiger partial charge in [0.1, 0.15) is 17.5 Å². The molecule has 0 aromatic carbocycles. The maximum absolute atomic E-state index is 12.7. The summed E-state index contributed by atoms with van der Waals surface area (Å²) in [6.45, 7) is 4.49. The second kappa shape index (κ2) is 6.32. The summed E-state index contributed by atoms with van der Waals surface area (Å²) in [6.07, 6.45) is 0.239. The summed E-state index contributed by atoms with van der Waals surface area (Å²) in [5.41, 5.74) is 6.66. The van der Waals surface area contributed by atoms with Gasteiger partial charge < -0.3 is 16.0 Å². The summed E-state index contributed by atoms with van der Waals surface area (Å²) >= 11 is 3.15. The summed E-state index contributed by atoms with van der Waals surface area (Å²) in [4.78, 5) is 27.8. The maximum atomic E-state index is 12.7. The molecule has 9 nitrogen and oxygen atoms in total. The smallest absolute Gasteiger partial charge is 0.249 e. The van der Waals surface area contributed by atoms with Gasteiger partial charge in [-0.15, -0.1) is 33.3 Å². The highest BCUT2D eigenvalue weighted by Gasteiger charge is 2.63. The van der Waals surface area contributed by atoms with Crippen molar-refractivity contribution < 1.29 is 9.59 Å². The summed E-state index contributed by atoms with van der Waals surface area (Å²) in [5.74, 6) is 0.220. The molecule has 0 radical (unpaired) electrons. The predicted octanol–water partition coefficient (Wildman–Crippen LogP) is 0.182. The van der Waals surface area contributed by atoms with Crippen LogP contribution in [-0.2, 0) is 22.6 Å². The molecule has 11 heteroatoms. The van der Waals surface area contributed by atoms with Crippen LogP contribution in [-0.4, -0.2) is 53.5 Å². The van der Waals surface area contributed by atoms with Crippen LogP contribution in [0.3, 0.4) is 0 Å². The Bertz CT molecular complexity index is 835. The van der Waals surface area contributed by atoms with E-state index in [1.807, 2.05) is 25.3 Å². The highest BCUT2D eigenvalue weighted by atomic mass is 32.2. The number of hydrogen-bond donors (Lipinski definition) is 3. The quantitative estimate of drug-likeness (QED) is 0.618. The molecule has 4 heterocycles. The molecule has 4 N–H and O–H groups in total. The van der Waals surface area contributed by atoms with Crippen LogP contribution < -0.4 is 11.1 Å². The molecule has 0 bridgehead atoms. The second-order valence-electron chi connectivity index (χ2n) is 6.83. The summed E-state index contributed by atoms with van der Waals surface area (Å²) in [6, 6.07) is 1.14. The fourth-order valence-corrected chi connectivity index (χ4v) is 6.07. The van der Waals surface area contributed by atoms with Crippen molar-refractivity contribution in [3.05, 3.63) is 27.7 Å². The highest BCUT2D eigenvalue weighted by molar-refractivity contribution is 8.01. The van der Waals surface area contributed by atoms with E-state index in [9.17, 15) is 9.59 Å². The molecule has 138 valence electrons. The molecule has 3 atom stereocenters. The number of nitrogens with zero attached hydrogens (tertiary/aromatic N) is 4. The van der Waals surface area contributed by atoms with Crippen molar-refractivity contribution in [3.63, 3.8) is 0 Å². The van der Waals surface area contributed by atoms with Gasteiger partial charge in [-0.1, -0.05) is 5.21 Å². The third kappa shape index (κ3) is 2.70. The molecule has 2 aliphatic heterocycles. The second-order valence-corrected chi connectivity index (χ2v) is 9.60. The highest BCUT2D eigenvalue weighted by Crippen LogP contribution is 2.56. The monoisotopic (exact) mass is 393 g/mol. The molecule has 26 heavy (non-hydrogen) atoms. The van der Waals surface area contributed by atoms with E-state index in [2.05, 4.69) is 25.9 Å². The van der Waals surface area contributed by atoms with Crippen molar-refractivity contribution in [3.8, 4) is 0 Å². The number of hydrogen-bond acceptors (Lipinski definition) is 8.